The average molecular weight is 287 g/mol. The minimum atomic E-state index is -0.595. The Morgan fingerprint density at radius 3 is 2.78 bits per heavy atom. The van der Waals surface area contributed by atoms with E-state index in [1.807, 2.05) is 12.1 Å². The second-order valence-corrected chi connectivity index (χ2v) is 6.52. The van der Waals surface area contributed by atoms with E-state index in [2.05, 4.69) is 6.92 Å². The van der Waals surface area contributed by atoms with Crippen molar-refractivity contribution < 1.29 is 5.11 Å². The molecular weight excluding hydrogens is 267 g/mol. The van der Waals surface area contributed by atoms with E-state index in [4.69, 9.17) is 23.2 Å². The quantitative estimate of drug-likeness (QED) is 0.770. The highest BCUT2D eigenvalue weighted by molar-refractivity contribution is 6.35. The number of aliphatic hydroxyl groups is 1. The summed E-state index contributed by atoms with van der Waals surface area (Å²) in [6.07, 6.45) is 5.79. The van der Waals surface area contributed by atoms with Crippen molar-refractivity contribution in [1.29, 1.82) is 0 Å². The van der Waals surface area contributed by atoms with Crippen molar-refractivity contribution >= 4 is 23.2 Å². The standard InChI is InChI=1S/C15H20Cl2O/c1-11-3-2-7-15(18,8-6-11)10-12-4-5-13(16)9-14(12)17/h4-5,9,11,18H,2-3,6-8,10H2,1H3. The molecule has 18 heavy (non-hydrogen) atoms. The number of hydrogen-bond donors (Lipinski definition) is 1. The zero-order valence-corrected chi connectivity index (χ0v) is 12.3. The van der Waals surface area contributed by atoms with Crippen LogP contribution in [0.1, 0.15) is 44.6 Å². The summed E-state index contributed by atoms with van der Waals surface area (Å²) in [5.41, 5.74) is 0.403. The monoisotopic (exact) mass is 286 g/mol. The van der Waals surface area contributed by atoms with Gasteiger partial charge in [0.05, 0.1) is 5.60 Å². The van der Waals surface area contributed by atoms with Crippen LogP contribution in [-0.4, -0.2) is 10.7 Å². The summed E-state index contributed by atoms with van der Waals surface area (Å²) in [4.78, 5) is 0. The Balaban J connectivity index is 2.11. The molecule has 1 nitrogen and oxygen atoms in total. The fourth-order valence-corrected chi connectivity index (χ4v) is 3.24. The molecule has 100 valence electrons. The Morgan fingerprint density at radius 2 is 2.06 bits per heavy atom. The van der Waals surface area contributed by atoms with Crippen LogP contribution in [0.25, 0.3) is 0 Å². The van der Waals surface area contributed by atoms with Crippen molar-refractivity contribution in [3.05, 3.63) is 33.8 Å². The molecule has 1 saturated carbocycles. The van der Waals surface area contributed by atoms with Crippen LogP contribution in [0.2, 0.25) is 10.0 Å². The lowest BCUT2D eigenvalue weighted by molar-refractivity contribution is 0.0244. The second-order valence-electron chi connectivity index (χ2n) is 5.67. The van der Waals surface area contributed by atoms with Crippen molar-refractivity contribution in [2.24, 2.45) is 5.92 Å². The van der Waals surface area contributed by atoms with Gasteiger partial charge in [0.1, 0.15) is 0 Å². The van der Waals surface area contributed by atoms with Gasteiger partial charge in [0.25, 0.3) is 0 Å². The van der Waals surface area contributed by atoms with Gasteiger partial charge in [0.2, 0.25) is 0 Å². The number of benzene rings is 1. The zero-order valence-electron chi connectivity index (χ0n) is 10.8. The lowest BCUT2D eigenvalue weighted by Gasteiger charge is -2.27. The van der Waals surface area contributed by atoms with Gasteiger partial charge in [-0.05, 0) is 42.9 Å². The van der Waals surface area contributed by atoms with Crippen LogP contribution in [0.4, 0.5) is 0 Å². The summed E-state index contributed by atoms with van der Waals surface area (Å²) < 4.78 is 0. The third-order valence-electron chi connectivity index (χ3n) is 3.98. The van der Waals surface area contributed by atoms with Gasteiger partial charge in [0.15, 0.2) is 0 Å². The maximum atomic E-state index is 10.7. The summed E-state index contributed by atoms with van der Waals surface area (Å²) in [7, 11) is 0. The summed E-state index contributed by atoms with van der Waals surface area (Å²) in [5.74, 6) is 0.722. The molecule has 1 aromatic rings. The minimum absolute atomic E-state index is 0.595. The van der Waals surface area contributed by atoms with Gasteiger partial charge in [-0.2, -0.15) is 0 Å². The van der Waals surface area contributed by atoms with Crippen molar-refractivity contribution in [1.82, 2.24) is 0 Å². The molecule has 2 rings (SSSR count). The molecule has 2 atom stereocenters. The van der Waals surface area contributed by atoms with Crippen molar-refractivity contribution in [3.8, 4) is 0 Å². The van der Waals surface area contributed by atoms with Crippen molar-refractivity contribution in [2.75, 3.05) is 0 Å². The molecule has 1 N–H and O–H groups in total. The first kappa shape index (κ1) is 14.2. The SMILES string of the molecule is CC1CCCC(O)(Cc2ccc(Cl)cc2Cl)CC1. The van der Waals surface area contributed by atoms with E-state index in [9.17, 15) is 5.11 Å². The van der Waals surface area contributed by atoms with Crippen LogP contribution >= 0.6 is 23.2 Å². The van der Waals surface area contributed by atoms with Crippen molar-refractivity contribution in [3.63, 3.8) is 0 Å². The predicted octanol–water partition coefficient (Wildman–Crippen LogP) is 4.87. The largest absolute Gasteiger partial charge is 0.390 e. The maximum absolute atomic E-state index is 10.7. The van der Waals surface area contributed by atoms with Crippen LogP contribution in [-0.2, 0) is 6.42 Å². The summed E-state index contributed by atoms with van der Waals surface area (Å²) in [6, 6.07) is 5.52. The molecule has 0 aromatic heterocycles. The van der Waals surface area contributed by atoms with Gasteiger partial charge >= 0.3 is 0 Å². The van der Waals surface area contributed by atoms with Crippen LogP contribution in [0.3, 0.4) is 0 Å². The van der Waals surface area contributed by atoms with Gasteiger partial charge in [0, 0.05) is 16.5 Å². The van der Waals surface area contributed by atoms with Gasteiger partial charge in [-0.3, -0.25) is 0 Å². The Labute approximate surface area is 119 Å². The summed E-state index contributed by atoms with van der Waals surface area (Å²) in [5, 5.41) is 12.0. The van der Waals surface area contributed by atoms with E-state index in [-0.39, 0.29) is 0 Å². The molecule has 0 spiro atoms. The van der Waals surface area contributed by atoms with E-state index in [1.54, 1.807) is 6.07 Å². The van der Waals surface area contributed by atoms with Gasteiger partial charge < -0.3 is 5.11 Å². The molecule has 2 unspecified atom stereocenters. The third kappa shape index (κ3) is 3.63. The highest BCUT2D eigenvalue weighted by atomic mass is 35.5. The topological polar surface area (TPSA) is 20.2 Å². The number of halogens is 2. The Bertz CT molecular complexity index is 419. The summed E-state index contributed by atoms with van der Waals surface area (Å²) in [6.45, 7) is 2.26. The molecule has 0 amide bonds. The molecular formula is C15H20Cl2O. The molecule has 0 bridgehead atoms. The lowest BCUT2D eigenvalue weighted by atomic mass is 9.87. The Kier molecular flexibility index (Phi) is 4.58. The molecule has 0 heterocycles. The van der Waals surface area contributed by atoms with Crippen molar-refractivity contribution in [2.45, 2.75) is 51.0 Å². The van der Waals surface area contributed by atoms with E-state index >= 15 is 0 Å². The Hall–Kier alpha value is -0.240. The molecule has 1 aromatic carbocycles. The normalized spacial score (nSPS) is 29.0. The maximum Gasteiger partial charge on any atom is 0.0688 e. The molecule has 1 aliphatic carbocycles. The number of hydrogen-bond acceptors (Lipinski definition) is 1. The lowest BCUT2D eigenvalue weighted by Crippen LogP contribution is -2.30. The fraction of sp³-hybridized carbons (Fsp3) is 0.600. The average Bonchev–Trinajstić information content (AvgIpc) is 2.46. The third-order valence-corrected chi connectivity index (χ3v) is 4.56. The van der Waals surface area contributed by atoms with E-state index in [0.29, 0.717) is 16.5 Å². The number of rotatable bonds is 2. The smallest absolute Gasteiger partial charge is 0.0688 e. The minimum Gasteiger partial charge on any atom is -0.390 e. The highest BCUT2D eigenvalue weighted by Gasteiger charge is 2.30. The van der Waals surface area contributed by atoms with Gasteiger partial charge in [-0.15, -0.1) is 0 Å². The molecule has 0 aliphatic heterocycles. The molecule has 0 radical (unpaired) electrons. The van der Waals surface area contributed by atoms with Crippen LogP contribution in [0.5, 0.6) is 0 Å². The first-order valence-corrected chi connectivity index (χ1v) is 7.40. The molecule has 1 fully saturated rings. The van der Waals surface area contributed by atoms with E-state index in [1.165, 1.54) is 6.42 Å². The predicted molar refractivity (Wildman–Crippen MR) is 77.4 cm³/mol. The highest BCUT2D eigenvalue weighted by Crippen LogP contribution is 2.34. The summed E-state index contributed by atoms with van der Waals surface area (Å²) >= 11 is 12.1. The van der Waals surface area contributed by atoms with E-state index in [0.717, 1.165) is 37.2 Å². The van der Waals surface area contributed by atoms with Crippen LogP contribution < -0.4 is 0 Å². The van der Waals surface area contributed by atoms with Crippen LogP contribution in [0, 0.1) is 5.92 Å². The van der Waals surface area contributed by atoms with Gasteiger partial charge in [-0.25, -0.2) is 0 Å². The first-order valence-electron chi connectivity index (χ1n) is 6.65. The van der Waals surface area contributed by atoms with Crippen LogP contribution in [0.15, 0.2) is 18.2 Å². The Morgan fingerprint density at radius 1 is 1.28 bits per heavy atom. The molecule has 3 heteroatoms. The second kappa shape index (κ2) is 5.81. The fourth-order valence-electron chi connectivity index (χ4n) is 2.76. The molecule has 1 aliphatic rings. The van der Waals surface area contributed by atoms with E-state index < -0.39 is 5.60 Å². The zero-order chi connectivity index (χ0) is 13.2. The first-order chi connectivity index (χ1) is 8.48. The molecule has 0 saturated heterocycles. The van der Waals surface area contributed by atoms with Gasteiger partial charge in [-0.1, -0.05) is 49.0 Å².